The highest BCUT2D eigenvalue weighted by molar-refractivity contribution is 7.99. The summed E-state index contributed by atoms with van der Waals surface area (Å²) in [6.45, 7) is 2.59. The van der Waals surface area contributed by atoms with Crippen LogP contribution in [0, 0.1) is 0 Å². The lowest BCUT2D eigenvalue weighted by molar-refractivity contribution is -0.139. The largest absolute Gasteiger partial charge is 0.464 e. The van der Waals surface area contributed by atoms with E-state index in [1.54, 1.807) is 11.8 Å². The maximum Gasteiger partial charge on any atom is 0.315 e. The molecular formula is C6H12O2S2. The molecule has 0 fully saturated rings. The summed E-state index contributed by atoms with van der Waals surface area (Å²) >= 11 is 5.52. The van der Waals surface area contributed by atoms with Gasteiger partial charge >= 0.3 is 5.97 Å². The topological polar surface area (TPSA) is 26.3 Å². The molecule has 0 aromatic heterocycles. The van der Waals surface area contributed by atoms with Gasteiger partial charge in [-0.15, -0.1) is 0 Å². The molecule has 0 unspecified atom stereocenters. The molecule has 0 aliphatic carbocycles. The monoisotopic (exact) mass is 180 g/mol. The summed E-state index contributed by atoms with van der Waals surface area (Å²) in [4.78, 5) is 10.5. The fourth-order valence-electron chi connectivity index (χ4n) is 0.404. The molecule has 0 N–H and O–H groups in total. The molecule has 0 bridgehead atoms. The molecular weight excluding hydrogens is 168 g/mol. The van der Waals surface area contributed by atoms with Crippen LogP contribution in [-0.2, 0) is 9.53 Å². The van der Waals surface area contributed by atoms with Crippen LogP contribution in [0.3, 0.4) is 0 Å². The van der Waals surface area contributed by atoms with Gasteiger partial charge in [-0.3, -0.25) is 4.79 Å². The molecule has 2 nitrogen and oxygen atoms in total. The zero-order chi connectivity index (χ0) is 7.82. The molecule has 0 aliphatic rings. The molecule has 0 rings (SSSR count). The van der Waals surface area contributed by atoms with Gasteiger partial charge in [0.25, 0.3) is 0 Å². The molecule has 0 atom stereocenters. The minimum absolute atomic E-state index is 0.177. The Bertz CT molecular complexity index is 95.7. The van der Waals surface area contributed by atoms with E-state index in [0.717, 1.165) is 11.5 Å². The zero-order valence-corrected chi connectivity index (χ0v) is 7.71. The maximum absolute atomic E-state index is 10.5. The number of ether oxygens (including phenoxy) is 1. The second-order valence-electron chi connectivity index (χ2n) is 1.58. The van der Waals surface area contributed by atoms with Crippen molar-refractivity contribution < 1.29 is 9.53 Å². The highest BCUT2D eigenvalue weighted by Gasteiger charge is 1.96. The average Bonchev–Trinajstić information content (AvgIpc) is 1.98. The maximum atomic E-state index is 10.5. The first-order chi connectivity index (χ1) is 4.81. The van der Waals surface area contributed by atoms with Crippen LogP contribution in [0.4, 0.5) is 0 Å². The first-order valence-electron chi connectivity index (χ1n) is 3.15. The molecule has 60 valence electrons. The predicted octanol–water partition coefficient (Wildman–Crippen LogP) is 1.21. The van der Waals surface area contributed by atoms with Crippen molar-refractivity contribution in [2.24, 2.45) is 0 Å². The molecule has 0 radical (unpaired) electrons. The van der Waals surface area contributed by atoms with Crippen molar-refractivity contribution in [2.45, 2.75) is 6.92 Å². The molecule has 4 heteroatoms. The number of thioether (sulfide) groups is 1. The van der Waals surface area contributed by atoms with E-state index in [-0.39, 0.29) is 11.7 Å². The Kier molecular flexibility index (Phi) is 7.40. The third-order valence-electron chi connectivity index (χ3n) is 0.824. The normalized spacial score (nSPS) is 9.40. The predicted molar refractivity (Wildman–Crippen MR) is 47.8 cm³/mol. The number of hydrogen-bond donors (Lipinski definition) is 1. The van der Waals surface area contributed by atoms with E-state index >= 15 is 0 Å². The molecule has 0 aromatic carbocycles. The van der Waals surface area contributed by atoms with E-state index in [0.29, 0.717) is 6.61 Å². The van der Waals surface area contributed by atoms with Crippen molar-refractivity contribution in [1.82, 2.24) is 0 Å². The molecule has 0 spiro atoms. The lowest BCUT2D eigenvalue weighted by Gasteiger charge is -2.00. The standard InChI is InChI=1S/C6H12O2S2/c1-2-10-4-3-8-6(7)5-9/h9H,2-5H2,1H3. The van der Waals surface area contributed by atoms with Gasteiger partial charge in [0.1, 0.15) is 6.61 Å². The fourth-order valence-corrected chi connectivity index (χ4v) is 0.986. The summed E-state index contributed by atoms with van der Waals surface area (Å²) in [7, 11) is 0. The number of hydrogen-bond acceptors (Lipinski definition) is 4. The van der Waals surface area contributed by atoms with E-state index in [1.807, 2.05) is 0 Å². The van der Waals surface area contributed by atoms with E-state index in [1.165, 1.54) is 0 Å². The molecule has 0 heterocycles. The van der Waals surface area contributed by atoms with Crippen molar-refractivity contribution >= 4 is 30.4 Å². The number of esters is 1. The van der Waals surface area contributed by atoms with Crippen LogP contribution in [0.2, 0.25) is 0 Å². The highest BCUT2D eigenvalue weighted by Crippen LogP contribution is 1.97. The second-order valence-corrected chi connectivity index (χ2v) is 3.29. The van der Waals surface area contributed by atoms with Gasteiger partial charge in [0.2, 0.25) is 0 Å². The van der Waals surface area contributed by atoms with Crippen LogP contribution in [0.25, 0.3) is 0 Å². The van der Waals surface area contributed by atoms with E-state index < -0.39 is 0 Å². The van der Waals surface area contributed by atoms with Crippen molar-refractivity contribution in [1.29, 1.82) is 0 Å². The van der Waals surface area contributed by atoms with Crippen LogP contribution in [0.1, 0.15) is 6.92 Å². The van der Waals surface area contributed by atoms with Crippen molar-refractivity contribution in [3.05, 3.63) is 0 Å². The minimum atomic E-state index is -0.236. The van der Waals surface area contributed by atoms with Crippen LogP contribution < -0.4 is 0 Å². The summed E-state index contributed by atoms with van der Waals surface area (Å²) in [6.07, 6.45) is 0. The summed E-state index contributed by atoms with van der Waals surface area (Å²) < 4.78 is 4.76. The average molecular weight is 180 g/mol. The van der Waals surface area contributed by atoms with E-state index in [4.69, 9.17) is 4.74 Å². The Morgan fingerprint density at radius 3 is 2.90 bits per heavy atom. The number of carbonyl (C=O) groups excluding carboxylic acids is 1. The van der Waals surface area contributed by atoms with E-state index in [9.17, 15) is 4.79 Å². The number of carbonyl (C=O) groups is 1. The minimum Gasteiger partial charge on any atom is -0.464 e. The Morgan fingerprint density at radius 1 is 1.70 bits per heavy atom. The lowest BCUT2D eigenvalue weighted by atomic mass is 10.8. The first-order valence-corrected chi connectivity index (χ1v) is 4.94. The Balaban J connectivity index is 2.96. The number of rotatable bonds is 5. The zero-order valence-electron chi connectivity index (χ0n) is 6.00. The SMILES string of the molecule is CCSCCOC(=O)CS. The van der Waals surface area contributed by atoms with Crippen LogP contribution >= 0.6 is 24.4 Å². The van der Waals surface area contributed by atoms with Crippen molar-refractivity contribution in [3.8, 4) is 0 Å². The molecule has 0 aliphatic heterocycles. The van der Waals surface area contributed by atoms with Gasteiger partial charge in [0.15, 0.2) is 0 Å². The summed E-state index contributed by atoms with van der Waals surface area (Å²) in [5.41, 5.74) is 0. The first kappa shape index (κ1) is 10.2. The molecule has 0 saturated carbocycles. The highest BCUT2D eigenvalue weighted by atomic mass is 32.2. The van der Waals surface area contributed by atoms with Gasteiger partial charge in [-0.1, -0.05) is 6.92 Å². The molecule has 0 aromatic rings. The van der Waals surface area contributed by atoms with E-state index in [2.05, 4.69) is 19.6 Å². The Hall–Kier alpha value is 0.170. The van der Waals surface area contributed by atoms with Crippen molar-refractivity contribution in [3.63, 3.8) is 0 Å². The third kappa shape index (κ3) is 6.29. The van der Waals surface area contributed by atoms with Gasteiger partial charge in [-0.2, -0.15) is 24.4 Å². The molecule has 0 saturated heterocycles. The molecule has 0 amide bonds. The van der Waals surface area contributed by atoms with Crippen molar-refractivity contribution in [2.75, 3.05) is 23.9 Å². The quantitative estimate of drug-likeness (QED) is 0.391. The number of thiol groups is 1. The Morgan fingerprint density at radius 2 is 2.40 bits per heavy atom. The molecule has 10 heavy (non-hydrogen) atoms. The van der Waals surface area contributed by atoms with Gasteiger partial charge in [-0.05, 0) is 5.75 Å². The third-order valence-corrected chi connectivity index (χ3v) is 1.95. The summed E-state index contributed by atoms with van der Waals surface area (Å²) in [5, 5.41) is 0. The van der Waals surface area contributed by atoms with Crippen LogP contribution in [-0.4, -0.2) is 29.8 Å². The fraction of sp³-hybridized carbons (Fsp3) is 0.833. The summed E-state index contributed by atoms with van der Waals surface area (Å²) in [6, 6.07) is 0. The Labute approximate surface area is 71.1 Å². The van der Waals surface area contributed by atoms with Gasteiger partial charge < -0.3 is 4.74 Å². The second kappa shape index (κ2) is 7.28. The summed E-state index contributed by atoms with van der Waals surface area (Å²) in [5.74, 6) is 1.89. The smallest absolute Gasteiger partial charge is 0.315 e. The van der Waals surface area contributed by atoms with Crippen LogP contribution in [0.15, 0.2) is 0 Å². The van der Waals surface area contributed by atoms with Gasteiger partial charge in [0, 0.05) is 5.75 Å². The van der Waals surface area contributed by atoms with Gasteiger partial charge in [0.05, 0.1) is 5.75 Å². The lowest BCUT2D eigenvalue weighted by Crippen LogP contribution is -2.08. The van der Waals surface area contributed by atoms with Crippen LogP contribution in [0.5, 0.6) is 0 Å². The van der Waals surface area contributed by atoms with Gasteiger partial charge in [-0.25, -0.2) is 0 Å².